The molecule has 1 N–H and O–H groups in total. The van der Waals surface area contributed by atoms with Crippen molar-refractivity contribution in [2.45, 2.75) is 18.2 Å². The van der Waals surface area contributed by atoms with E-state index < -0.39 is 15.9 Å². The van der Waals surface area contributed by atoms with Gasteiger partial charge in [0.15, 0.2) is 0 Å². The number of anilines is 1. The number of carbonyl (C=O) groups excluding carboxylic acids is 1. The third-order valence-corrected chi connectivity index (χ3v) is 5.89. The monoisotopic (exact) mass is 400 g/mol. The summed E-state index contributed by atoms with van der Waals surface area (Å²) in [5.74, 6) is -0.0917. The van der Waals surface area contributed by atoms with E-state index in [4.69, 9.17) is 4.42 Å². The van der Waals surface area contributed by atoms with E-state index in [9.17, 15) is 13.2 Å². The summed E-state index contributed by atoms with van der Waals surface area (Å²) in [4.78, 5) is 12.4. The molecule has 0 saturated carbocycles. The van der Waals surface area contributed by atoms with Crippen LogP contribution in [0.2, 0.25) is 0 Å². The lowest BCUT2D eigenvalue weighted by Crippen LogP contribution is -2.22. The lowest BCUT2D eigenvalue weighted by molar-refractivity contribution is 0.102. The molecule has 3 aromatic rings. The molecule has 0 radical (unpaired) electrons. The predicted molar refractivity (Wildman–Crippen MR) is 104 cm³/mol. The highest BCUT2D eigenvalue weighted by atomic mass is 32.2. The Morgan fingerprint density at radius 2 is 1.68 bits per heavy atom. The topological polar surface area (TPSA) is 105 Å². The van der Waals surface area contributed by atoms with Crippen molar-refractivity contribution in [2.24, 2.45) is 0 Å². The van der Waals surface area contributed by atoms with Gasteiger partial charge < -0.3 is 4.42 Å². The van der Waals surface area contributed by atoms with Crippen LogP contribution in [0.1, 0.15) is 27.4 Å². The van der Waals surface area contributed by atoms with Crippen molar-refractivity contribution < 1.29 is 17.6 Å². The fraction of sp³-hybridized carbons (Fsp3) is 0.211. The van der Waals surface area contributed by atoms with Crippen LogP contribution in [0.3, 0.4) is 0 Å². The Bertz CT molecular complexity index is 1070. The van der Waals surface area contributed by atoms with Gasteiger partial charge >= 0.3 is 6.01 Å². The Labute approximate surface area is 163 Å². The second-order valence-corrected chi connectivity index (χ2v) is 8.58. The summed E-state index contributed by atoms with van der Waals surface area (Å²) in [5.41, 5.74) is 2.45. The second kappa shape index (κ2) is 7.91. The number of nitrogens with one attached hydrogen (secondary N) is 1. The molecule has 0 spiro atoms. The van der Waals surface area contributed by atoms with Crippen molar-refractivity contribution in [3.05, 3.63) is 71.1 Å². The first-order valence-electron chi connectivity index (χ1n) is 8.47. The first-order valence-corrected chi connectivity index (χ1v) is 9.91. The van der Waals surface area contributed by atoms with E-state index in [1.54, 1.807) is 0 Å². The van der Waals surface area contributed by atoms with Crippen molar-refractivity contribution >= 4 is 21.9 Å². The van der Waals surface area contributed by atoms with E-state index in [2.05, 4.69) is 15.5 Å². The van der Waals surface area contributed by atoms with E-state index >= 15 is 0 Å². The maximum Gasteiger partial charge on any atom is 0.322 e. The highest BCUT2D eigenvalue weighted by molar-refractivity contribution is 7.89. The minimum absolute atomic E-state index is 0.0166. The molecule has 2 aromatic carbocycles. The van der Waals surface area contributed by atoms with Crippen molar-refractivity contribution in [3.63, 3.8) is 0 Å². The fourth-order valence-corrected chi connectivity index (χ4v) is 3.32. The molecule has 0 saturated heterocycles. The molecule has 8 nitrogen and oxygen atoms in total. The molecule has 1 heterocycles. The average Bonchev–Trinajstić information content (AvgIpc) is 3.10. The molecule has 146 valence electrons. The minimum atomic E-state index is -3.55. The molecule has 0 aliphatic carbocycles. The van der Waals surface area contributed by atoms with Gasteiger partial charge in [-0.2, -0.15) is 0 Å². The van der Waals surface area contributed by atoms with E-state index in [0.29, 0.717) is 12.3 Å². The van der Waals surface area contributed by atoms with Crippen molar-refractivity contribution in [3.8, 4) is 0 Å². The zero-order valence-corrected chi connectivity index (χ0v) is 16.5. The van der Waals surface area contributed by atoms with Gasteiger partial charge in [-0.15, -0.1) is 5.10 Å². The molecular weight excluding hydrogens is 380 g/mol. The molecule has 1 amide bonds. The number of hydrogen-bond acceptors (Lipinski definition) is 6. The fourth-order valence-electron chi connectivity index (χ4n) is 2.41. The maximum absolute atomic E-state index is 12.3. The number of amides is 1. The lowest BCUT2D eigenvalue weighted by Gasteiger charge is -2.11. The molecule has 9 heteroatoms. The van der Waals surface area contributed by atoms with E-state index in [-0.39, 0.29) is 16.5 Å². The maximum atomic E-state index is 12.3. The number of benzene rings is 2. The SMILES string of the molecule is Cc1ccc(Cc2nnc(NC(=O)c3ccc(S(=O)(=O)N(C)C)cc3)o2)cc1. The predicted octanol–water partition coefficient (Wildman–Crippen LogP) is 2.47. The van der Waals surface area contributed by atoms with Crippen molar-refractivity contribution in [1.82, 2.24) is 14.5 Å². The van der Waals surface area contributed by atoms with Gasteiger partial charge in [-0.25, -0.2) is 12.7 Å². The summed E-state index contributed by atoms with van der Waals surface area (Å²) in [6.07, 6.45) is 0.459. The molecule has 0 atom stereocenters. The molecule has 0 fully saturated rings. The number of nitrogens with zero attached hydrogens (tertiary/aromatic N) is 3. The van der Waals surface area contributed by atoms with E-state index in [0.717, 1.165) is 15.4 Å². The van der Waals surface area contributed by atoms with Crippen LogP contribution in [0.4, 0.5) is 6.01 Å². The largest absolute Gasteiger partial charge is 0.407 e. The summed E-state index contributed by atoms with van der Waals surface area (Å²) >= 11 is 0. The summed E-state index contributed by atoms with van der Waals surface area (Å²) in [6.45, 7) is 2.01. The summed E-state index contributed by atoms with van der Waals surface area (Å²) in [6, 6.07) is 13.5. The van der Waals surface area contributed by atoms with Crippen molar-refractivity contribution in [2.75, 3.05) is 19.4 Å². The van der Waals surface area contributed by atoms with Gasteiger partial charge in [0.25, 0.3) is 5.91 Å². The number of hydrogen-bond donors (Lipinski definition) is 1. The molecule has 0 unspecified atom stereocenters. The van der Waals surface area contributed by atoms with Gasteiger partial charge in [0.1, 0.15) is 0 Å². The number of aromatic nitrogens is 2. The molecule has 1 aromatic heterocycles. The number of rotatable bonds is 6. The average molecular weight is 400 g/mol. The van der Waals surface area contributed by atoms with Crippen LogP contribution in [0.25, 0.3) is 0 Å². The zero-order chi connectivity index (χ0) is 20.3. The third-order valence-electron chi connectivity index (χ3n) is 4.06. The zero-order valence-electron chi connectivity index (χ0n) is 15.7. The van der Waals surface area contributed by atoms with Gasteiger partial charge in [0.05, 0.1) is 11.3 Å². The molecule has 3 rings (SSSR count). The van der Waals surface area contributed by atoms with Gasteiger partial charge in [0, 0.05) is 19.7 Å². The molecule has 0 aliphatic heterocycles. The summed E-state index contributed by atoms with van der Waals surface area (Å²) in [7, 11) is -0.658. The number of carbonyl (C=O) groups is 1. The highest BCUT2D eigenvalue weighted by Gasteiger charge is 2.18. The number of aryl methyl sites for hydroxylation is 1. The Kier molecular flexibility index (Phi) is 5.57. The standard InChI is InChI=1S/C19H20N4O4S/c1-13-4-6-14(7-5-13)12-17-21-22-19(27-17)20-18(24)15-8-10-16(11-9-15)28(25,26)23(2)3/h4-11H,12H2,1-3H3,(H,20,22,24). The van der Waals surface area contributed by atoms with Crippen LogP contribution >= 0.6 is 0 Å². The number of sulfonamides is 1. The molecule has 0 aliphatic rings. The van der Waals surface area contributed by atoms with Crippen molar-refractivity contribution in [1.29, 1.82) is 0 Å². The Balaban J connectivity index is 1.66. The minimum Gasteiger partial charge on any atom is -0.407 e. The van der Waals surface area contributed by atoms with Crippen LogP contribution in [0, 0.1) is 6.92 Å². The third kappa shape index (κ3) is 4.44. The summed E-state index contributed by atoms with van der Waals surface area (Å²) < 4.78 is 30.7. The van der Waals surface area contributed by atoms with E-state index in [1.165, 1.54) is 38.4 Å². The molecular formula is C19H20N4O4S. The van der Waals surface area contributed by atoms with Gasteiger partial charge in [-0.3, -0.25) is 10.1 Å². The Morgan fingerprint density at radius 3 is 2.29 bits per heavy atom. The molecule has 28 heavy (non-hydrogen) atoms. The quantitative estimate of drug-likeness (QED) is 0.681. The van der Waals surface area contributed by atoms with Crippen LogP contribution < -0.4 is 5.32 Å². The normalized spacial score (nSPS) is 11.6. The lowest BCUT2D eigenvalue weighted by atomic mass is 10.1. The Hall–Kier alpha value is -3.04. The summed E-state index contributed by atoms with van der Waals surface area (Å²) in [5, 5.41) is 10.3. The van der Waals surface area contributed by atoms with Gasteiger partial charge in [0.2, 0.25) is 15.9 Å². The molecule has 0 bridgehead atoms. The second-order valence-electron chi connectivity index (χ2n) is 6.43. The first kappa shape index (κ1) is 19.7. The Morgan fingerprint density at radius 1 is 1.04 bits per heavy atom. The van der Waals surface area contributed by atoms with Crippen LogP contribution in [-0.4, -0.2) is 42.9 Å². The van der Waals surface area contributed by atoms with E-state index in [1.807, 2.05) is 31.2 Å². The first-order chi connectivity index (χ1) is 13.3. The van der Waals surface area contributed by atoms with Gasteiger partial charge in [-0.1, -0.05) is 34.9 Å². The van der Waals surface area contributed by atoms with Crippen LogP contribution in [-0.2, 0) is 16.4 Å². The van der Waals surface area contributed by atoms with Crippen LogP contribution in [0.15, 0.2) is 57.8 Å². The smallest absolute Gasteiger partial charge is 0.322 e. The highest BCUT2D eigenvalue weighted by Crippen LogP contribution is 2.16. The van der Waals surface area contributed by atoms with Gasteiger partial charge in [-0.05, 0) is 36.8 Å². The van der Waals surface area contributed by atoms with Crippen LogP contribution in [0.5, 0.6) is 0 Å².